The van der Waals surface area contributed by atoms with E-state index in [4.69, 9.17) is 4.74 Å². The molecule has 0 saturated carbocycles. The van der Waals surface area contributed by atoms with Gasteiger partial charge in [-0.05, 0) is 19.1 Å². The summed E-state index contributed by atoms with van der Waals surface area (Å²) in [4.78, 5) is 11.0. The molecule has 0 bridgehead atoms. The molecule has 0 radical (unpaired) electrons. The molecule has 0 aliphatic rings. The average Bonchev–Trinajstić information content (AvgIpc) is 2.34. The first-order valence-corrected chi connectivity index (χ1v) is 5.98. The summed E-state index contributed by atoms with van der Waals surface area (Å²) in [5.41, 5.74) is 0.606. The van der Waals surface area contributed by atoms with Crippen LogP contribution in [0.5, 0.6) is 0 Å². The van der Waals surface area contributed by atoms with Crippen molar-refractivity contribution in [2.24, 2.45) is 0 Å². The van der Waals surface area contributed by atoms with Gasteiger partial charge < -0.3 is 4.74 Å². The van der Waals surface area contributed by atoms with Gasteiger partial charge in [0.05, 0.1) is 12.2 Å². The van der Waals surface area contributed by atoms with E-state index in [1.54, 1.807) is 19.1 Å². The van der Waals surface area contributed by atoms with Crippen molar-refractivity contribution >= 4 is 5.97 Å². The molecule has 1 rings (SSSR count). The van der Waals surface area contributed by atoms with Crippen molar-refractivity contribution in [2.75, 3.05) is 6.61 Å². The summed E-state index contributed by atoms with van der Waals surface area (Å²) < 4.78 is 4.79. The third-order valence-electron chi connectivity index (χ3n) is 1.28. The van der Waals surface area contributed by atoms with Crippen molar-refractivity contribution in [1.29, 1.82) is 0 Å². The predicted molar refractivity (Wildman–Crippen MR) is 69.7 cm³/mol. The highest BCUT2D eigenvalue weighted by Gasteiger charge is 2.02. The van der Waals surface area contributed by atoms with Crippen LogP contribution in [0.15, 0.2) is 30.3 Å². The van der Waals surface area contributed by atoms with E-state index >= 15 is 0 Å². The molecule has 0 aromatic heterocycles. The van der Waals surface area contributed by atoms with Gasteiger partial charge in [0.25, 0.3) is 0 Å². The average molecular weight is 224 g/mol. The summed E-state index contributed by atoms with van der Waals surface area (Å²) in [5.74, 6) is -0.256. The molecule has 0 N–H and O–H groups in total. The molecule has 0 heterocycles. The summed E-state index contributed by atoms with van der Waals surface area (Å²) in [6, 6.07) is 8.96. The van der Waals surface area contributed by atoms with E-state index in [2.05, 4.69) is 13.8 Å². The fourth-order valence-electron chi connectivity index (χ4n) is 0.789. The summed E-state index contributed by atoms with van der Waals surface area (Å²) in [6.07, 6.45) is 1.25. The summed E-state index contributed by atoms with van der Waals surface area (Å²) in [7, 11) is 0. The first-order valence-electron chi connectivity index (χ1n) is 5.98. The molecule has 92 valence electrons. The Bertz CT molecular complexity index is 242. The number of carbonyl (C=O) groups is 1. The maximum absolute atomic E-state index is 11.0. The van der Waals surface area contributed by atoms with Crippen LogP contribution >= 0.6 is 0 Å². The Hall–Kier alpha value is -1.31. The van der Waals surface area contributed by atoms with Crippen LogP contribution in [-0.2, 0) is 4.74 Å². The van der Waals surface area contributed by atoms with Crippen LogP contribution < -0.4 is 0 Å². The molecule has 0 fully saturated rings. The van der Waals surface area contributed by atoms with Crippen molar-refractivity contribution in [3.05, 3.63) is 35.9 Å². The van der Waals surface area contributed by atoms with Gasteiger partial charge in [0, 0.05) is 0 Å². The minimum absolute atomic E-state index is 0.256. The lowest BCUT2D eigenvalue weighted by atomic mass is 10.2. The molecule has 16 heavy (non-hydrogen) atoms. The quantitative estimate of drug-likeness (QED) is 0.700. The molecular weight excluding hydrogens is 200 g/mol. The number of carbonyl (C=O) groups excluding carboxylic acids is 1. The Morgan fingerprint density at radius 2 is 1.50 bits per heavy atom. The van der Waals surface area contributed by atoms with Gasteiger partial charge in [-0.25, -0.2) is 4.79 Å². The number of ether oxygens (including phenoxy) is 1. The van der Waals surface area contributed by atoms with E-state index in [-0.39, 0.29) is 5.97 Å². The summed E-state index contributed by atoms with van der Waals surface area (Å²) in [5, 5.41) is 0. The van der Waals surface area contributed by atoms with E-state index in [0.29, 0.717) is 12.2 Å². The normalized spacial score (nSPS) is 7.81. The Labute approximate surface area is 99.6 Å². The Morgan fingerprint density at radius 3 is 1.88 bits per heavy atom. The molecule has 0 unspecified atom stereocenters. The van der Waals surface area contributed by atoms with Crippen molar-refractivity contribution in [3.63, 3.8) is 0 Å². The van der Waals surface area contributed by atoms with Gasteiger partial charge in [-0.1, -0.05) is 52.3 Å². The van der Waals surface area contributed by atoms with E-state index in [1.165, 1.54) is 6.42 Å². The fraction of sp³-hybridized carbons (Fsp3) is 0.500. The van der Waals surface area contributed by atoms with E-state index < -0.39 is 0 Å². The molecule has 0 aliphatic carbocycles. The van der Waals surface area contributed by atoms with Gasteiger partial charge in [-0.15, -0.1) is 0 Å². The molecule has 0 atom stereocenters. The van der Waals surface area contributed by atoms with E-state index in [9.17, 15) is 4.79 Å². The zero-order chi connectivity index (χ0) is 12.8. The Balaban J connectivity index is 0. The van der Waals surface area contributed by atoms with Crippen LogP contribution in [0.1, 0.15) is 51.4 Å². The van der Waals surface area contributed by atoms with Gasteiger partial charge in [0.15, 0.2) is 0 Å². The van der Waals surface area contributed by atoms with Gasteiger partial charge in [-0.2, -0.15) is 0 Å². The number of rotatable bonds is 2. The monoisotopic (exact) mass is 224 g/mol. The number of hydrogen-bond acceptors (Lipinski definition) is 2. The molecule has 0 amide bonds. The standard InChI is InChI=1S/C9H10O2.C3H8.C2H6/c1-2-11-9(10)8-6-4-3-5-7-8;1-3-2;1-2/h3-7H,2H2,1H3;3H2,1-2H3;1-2H3. The van der Waals surface area contributed by atoms with Crippen molar-refractivity contribution in [1.82, 2.24) is 0 Å². The second-order valence-electron chi connectivity index (χ2n) is 2.79. The minimum Gasteiger partial charge on any atom is -0.462 e. The summed E-state index contributed by atoms with van der Waals surface area (Å²) in [6.45, 7) is 10.5. The second-order valence-corrected chi connectivity index (χ2v) is 2.79. The highest BCUT2D eigenvalue weighted by Crippen LogP contribution is 1.99. The van der Waals surface area contributed by atoms with E-state index in [0.717, 1.165) is 0 Å². The molecule has 0 saturated heterocycles. The van der Waals surface area contributed by atoms with Crippen LogP contribution in [0.4, 0.5) is 0 Å². The van der Waals surface area contributed by atoms with Crippen molar-refractivity contribution in [2.45, 2.75) is 41.0 Å². The highest BCUT2D eigenvalue weighted by molar-refractivity contribution is 5.89. The van der Waals surface area contributed by atoms with Crippen LogP contribution in [-0.4, -0.2) is 12.6 Å². The van der Waals surface area contributed by atoms with E-state index in [1.807, 2.05) is 32.0 Å². The van der Waals surface area contributed by atoms with Crippen LogP contribution in [0.3, 0.4) is 0 Å². The third kappa shape index (κ3) is 9.25. The lowest BCUT2D eigenvalue weighted by molar-refractivity contribution is 0.0526. The van der Waals surface area contributed by atoms with Crippen LogP contribution in [0, 0.1) is 0 Å². The highest BCUT2D eigenvalue weighted by atomic mass is 16.5. The zero-order valence-electron chi connectivity index (χ0n) is 11.1. The van der Waals surface area contributed by atoms with Gasteiger partial charge >= 0.3 is 5.97 Å². The first kappa shape index (κ1) is 17.1. The fourth-order valence-corrected chi connectivity index (χ4v) is 0.789. The number of benzene rings is 1. The molecule has 1 aromatic carbocycles. The van der Waals surface area contributed by atoms with Crippen molar-refractivity contribution in [3.8, 4) is 0 Å². The number of hydrogen-bond donors (Lipinski definition) is 0. The Kier molecular flexibility index (Phi) is 14.6. The Morgan fingerprint density at radius 1 is 1.06 bits per heavy atom. The lowest BCUT2D eigenvalue weighted by Gasteiger charge is -1.99. The maximum Gasteiger partial charge on any atom is 0.338 e. The van der Waals surface area contributed by atoms with Crippen LogP contribution in [0.2, 0.25) is 0 Å². The van der Waals surface area contributed by atoms with Gasteiger partial charge in [0.1, 0.15) is 0 Å². The maximum atomic E-state index is 11.0. The summed E-state index contributed by atoms with van der Waals surface area (Å²) >= 11 is 0. The second kappa shape index (κ2) is 13.7. The first-order chi connectivity index (χ1) is 7.76. The molecular formula is C14H24O2. The minimum atomic E-state index is -0.256. The van der Waals surface area contributed by atoms with Crippen LogP contribution in [0.25, 0.3) is 0 Å². The predicted octanol–water partition coefficient (Wildman–Crippen LogP) is 4.31. The number of esters is 1. The van der Waals surface area contributed by atoms with Gasteiger partial charge in [0.2, 0.25) is 0 Å². The largest absolute Gasteiger partial charge is 0.462 e. The molecule has 0 aliphatic heterocycles. The smallest absolute Gasteiger partial charge is 0.338 e. The van der Waals surface area contributed by atoms with Gasteiger partial charge in [-0.3, -0.25) is 0 Å². The third-order valence-corrected chi connectivity index (χ3v) is 1.28. The topological polar surface area (TPSA) is 26.3 Å². The SMILES string of the molecule is CC.CCC.CCOC(=O)c1ccccc1. The lowest BCUT2D eigenvalue weighted by Crippen LogP contribution is -2.03. The zero-order valence-corrected chi connectivity index (χ0v) is 11.1. The molecule has 2 heteroatoms. The molecule has 2 nitrogen and oxygen atoms in total. The van der Waals surface area contributed by atoms with Crippen molar-refractivity contribution < 1.29 is 9.53 Å². The molecule has 1 aromatic rings. The molecule has 0 spiro atoms.